The highest BCUT2D eigenvalue weighted by molar-refractivity contribution is 7.54. The molecule has 0 aliphatic heterocycles. The van der Waals surface area contributed by atoms with Gasteiger partial charge in [0.05, 0.1) is 19.4 Å². The Morgan fingerprint density at radius 3 is 2.31 bits per heavy atom. The lowest BCUT2D eigenvalue weighted by Crippen LogP contribution is -2.67. The Bertz CT molecular complexity index is 282. The van der Waals surface area contributed by atoms with Gasteiger partial charge in [0, 0.05) is 0 Å². The van der Waals surface area contributed by atoms with Gasteiger partial charge in [0.15, 0.2) is 0 Å². The van der Waals surface area contributed by atoms with Crippen molar-refractivity contribution in [3.63, 3.8) is 0 Å². The van der Waals surface area contributed by atoms with Gasteiger partial charge in [-0.15, -0.1) is 0 Å². The van der Waals surface area contributed by atoms with Crippen molar-refractivity contribution in [2.24, 2.45) is 0 Å². The number of carbonyl (C=O) groups excluding carboxylic acids is 1. The standard InChI is InChI=1S/C9H18NO5P/c1-3-14-16(13,15-4-2)7-5-6-8(10)9(11)12/h5-6,8H,3-4,7,10H2,1-2H3,(H,11,12)/b6-5+. The molecule has 3 N–H and O–H groups in total. The van der Waals surface area contributed by atoms with Gasteiger partial charge in [-0.25, -0.2) is 0 Å². The summed E-state index contributed by atoms with van der Waals surface area (Å²) in [7, 11) is -3.13. The molecule has 1 unspecified atom stereocenters. The first-order valence-corrected chi connectivity index (χ1v) is 6.76. The van der Waals surface area contributed by atoms with Gasteiger partial charge in [0.1, 0.15) is 12.0 Å². The Morgan fingerprint density at radius 2 is 1.94 bits per heavy atom. The van der Waals surface area contributed by atoms with E-state index in [0.29, 0.717) is 0 Å². The first-order valence-electron chi connectivity index (χ1n) is 5.04. The van der Waals surface area contributed by atoms with Crippen LogP contribution in [0.25, 0.3) is 0 Å². The number of carboxylic acid groups (broad SMARTS) is 1. The van der Waals surface area contributed by atoms with Gasteiger partial charge in [-0.05, 0) is 19.9 Å². The molecule has 0 aromatic rings. The highest BCUT2D eigenvalue weighted by atomic mass is 31.2. The van der Waals surface area contributed by atoms with Crippen molar-refractivity contribution in [1.82, 2.24) is 0 Å². The van der Waals surface area contributed by atoms with Gasteiger partial charge in [0.25, 0.3) is 0 Å². The van der Waals surface area contributed by atoms with E-state index in [1.807, 2.05) is 0 Å². The maximum absolute atomic E-state index is 11.9. The van der Waals surface area contributed by atoms with Crippen LogP contribution in [0.5, 0.6) is 0 Å². The lowest BCUT2D eigenvalue weighted by Gasteiger charge is -2.15. The number of quaternary nitrogens is 1. The van der Waals surface area contributed by atoms with Crippen LogP contribution >= 0.6 is 7.60 Å². The molecule has 0 radical (unpaired) electrons. The highest BCUT2D eigenvalue weighted by Gasteiger charge is 2.21. The predicted octanol–water partition coefficient (Wildman–Crippen LogP) is -0.831. The maximum atomic E-state index is 11.9. The van der Waals surface area contributed by atoms with Gasteiger partial charge in [0.2, 0.25) is 0 Å². The number of rotatable bonds is 8. The molecule has 7 heteroatoms. The molecule has 16 heavy (non-hydrogen) atoms. The summed E-state index contributed by atoms with van der Waals surface area (Å²) in [5.74, 6) is -1.28. The minimum Gasteiger partial charge on any atom is -0.544 e. The van der Waals surface area contributed by atoms with Gasteiger partial charge in [-0.1, -0.05) is 6.08 Å². The molecule has 0 aliphatic rings. The summed E-state index contributed by atoms with van der Waals surface area (Å²) in [6, 6.07) is -0.961. The Labute approximate surface area is 95.0 Å². The van der Waals surface area contributed by atoms with Crippen molar-refractivity contribution >= 4 is 13.6 Å². The van der Waals surface area contributed by atoms with Crippen molar-refractivity contribution < 1.29 is 29.2 Å². The summed E-state index contributed by atoms with van der Waals surface area (Å²) >= 11 is 0. The molecule has 6 nitrogen and oxygen atoms in total. The first kappa shape index (κ1) is 15.3. The molecule has 94 valence electrons. The minimum atomic E-state index is -3.13. The fraction of sp³-hybridized carbons (Fsp3) is 0.667. The Balaban J connectivity index is 4.32. The van der Waals surface area contributed by atoms with E-state index in [1.165, 1.54) is 12.2 Å². The van der Waals surface area contributed by atoms with Crippen LogP contribution in [0.15, 0.2) is 12.2 Å². The van der Waals surface area contributed by atoms with E-state index in [9.17, 15) is 14.5 Å². The van der Waals surface area contributed by atoms with Gasteiger partial charge < -0.3 is 24.7 Å². The third kappa shape index (κ3) is 6.02. The van der Waals surface area contributed by atoms with E-state index in [1.54, 1.807) is 13.8 Å². The number of aliphatic carboxylic acids is 1. The molecule has 0 spiro atoms. The molecule has 1 atom stereocenters. The maximum Gasteiger partial charge on any atom is 0.334 e. The number of hydrogen-bond acceptors (Lipinski definition) is 5. The van der Waals surface area contributed by atoms with E-state index in [-0.39, 0.29) is 19.4 Å². The van der Waals surface area contributed by atoms with Crippen molar-refractivity contribution in [3.8, 4) is 0 Å². The van der Waals surface area contributed by atoms with E-state index in [4.69, 9.17) is 9.05 Å². The van der Waals surface area contributed by atoms with Crippen LogP contribution in [0.3, 0.4) is 0 Å². The summed E-state index contributed by atoms with van der Waals surface area (Å²) < 4.78 is 21.9. The van der Waals surface area contributed by atoms with E-state index in [2.05, 4.69) is 5.73 Å². The second kappa shape index (κ2) is 7.57. The van der Waals surface area contributed by atoms with Gasteiger partial charge in [-0.2, -0.15) is 0 Å². The third-order valence-electron chi connectivity index (χ3n) is 1.65. The van der Waals surface area contributed by atoms with E-state index >= 15 is 0 Å². The fourth-order valence-corrected chi connectivity index (χ4v) is 2.42. The van der Waals surface area contributed by atoms with E-state index < -0.39 is 19.6 Å². The number of carbonyl (C=O) groups is 1. The number of carboxylic acids is 1. The average molecular weight is 251 g/mol. The molecule has 0 bridgehead atoms. The zero-order chi connectivity index (χ0) is 12.6. The summed E-state index contributed by atoms with van der Waals surface area (Å²) in [5, 5.41) is 10.3. The van der Waals surface area contributed by atoms with Crippen molar-refractivity contribution in [2.75, 3.05) is 19.4 Å². The largest absolute Gasteiger partial charge is 0.544 e. The summed E-state index contributed by atoms with van der Waals surface area (Å²) in [6.07, 6.45) is 2.77. The number of allylic oxidation sites excluding steroid dienone is 1. The first-order chi connectivity index (χ1) is 7.45. The lowest BCUT2D eigenvalue weighted by molar-refractivity contribution is -0.424. The zero-order valence-corrected chi connectivity index (χ0v) is 10.4. The molecule has 0 aromatic carbocycles. The molecule has 0 aliphatic carbocycles. The quantitative estimate of drug-likeness (QED) is 0.448. The SMILES string of the molecule is CCOP(=O)(C/C=C/C([NH3+])C(=O)[O-])OCC. The molecule has 0 amide bonds. The summed E-state index contributed by atoms with van der Waals surface area (Å²) in [6.45, 7) is 3.97. The monoisotopic (exact) mass is 251 g/mol. The topological polar surface area (TPSA) is 103 Å². The molecule has 0 saturated heterocycles. The second-order valence-electron chi connectivity index (χ2n) is 2.98. The van der Waals surface area contributed by atoms with Gasteiger partial charge in [-0.3, -0.25) is 4.57 Å². The van der Waals surface area contributed by atoms with Crippen LogP contribution in [0.4, 0.5) is 0 Å². The fourth-order valence-electron chi connectivity index (χ4n) is 0.969. The van der Waals surface area contributed by atoms with Crippen molar-refractivity contribution in [3.05, 3.63) is 12.2 Å². The van der Waals surface area contributed by atoms with Crippen LogP contribution in [0.1, 0.15) is 13.8 Å². The zero-order valence-electron chi connectivity index (χ0n) is 9.55. The van der Waals surface area contributed by atoms with Crippen molar-refractivity contribution in [2.45, 2.75) is 19.9 Å². The van der Waals surface area contributed by atoms with Crippen LogP contribution in [-0.2, 0) is 18.4 Å². The molecule has 0 saturated carbocycles. The van der Waals surface area contributed by atoms with Crippen LogP contribution in [-0.4, -0.2) is 31.4 Å². The number of hydrogen-bond donors (Lipinski definition) is 1. The Kier molecular flexibility index (Phi) is 7.25. The normalized spacial score (nSPS) is 14.2. The molecular formula is C9H18NO5P. The summed E-state index contributed by atoms with van der Waals surface area (Å²) in [4.78, 5) is 10.3. The Hall–Kier alpha value is -0.680. The minimum absolute atomic E-state index is 0.0357. The smallest absolute Gasteiger partial charge is 0.334 e. The average Bonchev–Trinajstić information content (AvgIpc) is 2.17. The molecule has 0 fully saturated rings. The molecule has 0 rings (SSSR count). The van der Waals surface area contributed by atoms with E-state index in [0.717, 1.165) is 0 Å². The predicted molar refractivity (Wildman–Crippen MR) is 56.5 cm³/mol. The molecule has 0 aromatic heterocycles. The van der Waals surface area contributed by atoms with Crippen LogP contribution in [0, 0.1) is 0 Å². The van der Waals surface area contributed by atoms with Crippen LogP contribution < -0.4 is 10.8 Å². The van der Waals surface area contributed by atoms with Crippen LogP contribution in [0.2, 0.25) is 0 Å². The molecule has 0 heterocycles. The van der Waals surface area contributed by atoms with Gasteiger partial charge >= 0.3 is 7.60 Å². The Morgan fingerprint density at radius 1 is 1.44 bits per heavy atom. The lowest BCUT2D eigenvalue weighted by atomic mass is 10.3. The van der Waals surface area contributed by atoms with Crippen molar-refractivity contribution in [1.29, 1.82) is 0 Å². The molecular weight excluding hydrogens is 233 g/mol. The highest BCUT2D eigenvalue weighted by Crippen LogP contribution is 2.47. The summed E-state index contributed by atoms with van der Waals surface area (Å²) in [5.41, 5.74) is 3.33. The second-order valence-corrected chi connectivity index (χ2v) is 5.09. The third-order valence-corrected chi connectivity index (χ3v) is 3.61.